The van der Waals surface area contributed by atoms with E-state index in [1.54, 1.807) is 6.07 Å². The van der Waals surface area contributed by atoms with Crippen LogP contribution in [0.4, 0.5) is 0 Å². The number of hydrogen-bond donors (Lipinski definition) is 2. The highest BCUT2D eigenvalue weighted by Gasteiger charge is 2.26. The van der Waals surface area contributed by atoms with Gasteiger partial charge in [0.2, 0.25) is 0 Å². The lowest BCUT2D eigenvalue weighted by atomic mass is 10.0. The van der Waals surface area contributed by atoms with Crippen LogP contribution >= 0.6 is 0 Å². The summed E-state index contributed by atoms with van der Waals surface area (Å²) >= 11 is 0. The first-order chi connectivity index (χ1) is 6.16. The van der Waals surface area contributed by atoms with Crippen LogP contribution in [0.5, 0.6) is 0 Å². The largest absolute Gasteiger partial charge is 0.481 e. The predicted octanol–water partition coefficient (Wildman–Crippen LogP) is 1.20. The molecule has 70 valence electrons. The predicted molar refractivity (Wildman–Crippen MR) is 45.0 cm³/mol. The third kappa shape index (κ3) is 1.97. The zero-order valence-electron chi connectivity index (χ0n) is 6.88. The average molecular weight is 182 g/mol. The molecule has 0 aromatic carbocycles. The standard InChI is InChI=1S/C9H10O4/c1-2-6(9(11)12)8(10)7-4-3-5-13-7/h2-6,8,10H,1H2,(H,11,12)/t6-,8-/m1/s1. The van der Waals surface area contributed by atoms with Crippen molar-refractivity contribution in [1.82, 2.24) is 0 Å². The molecule has 0 bridgehead atoms. The number of carboxylic acid groups (broad SMARTS) is 1. The van der Waals surface area contributed by atoms with Crippen molar-refractivity contribution in [3.63, 3.8) is 0 Å². The first-order valence-electron chi connectivity index (χ1n) is 3.73. The summed E-state index contributed by atoms with van der Waals surface area (Å²) in [5, 5.41) is 18.2. The monoisotopic (exact) mass is 182 g/mol. The Hall–Kier alpha value is -1.55. The van der Waals surface area contributed by atoms with Crippen LogP contribution < -0.4 is 0 Å². The second-order valence-corrected chi connectivity index (χ2v) is 2.56. The fraction of sp³-hybridized carbons (Fsp3) is 0.222. The van der Waals surface area contributed by atoms with E-state index in [9.17, 15) is 9.90 Å². The van der Waals surface area contributed by atoms with Gasteiger partial charge >= 0.3 is 5.97 Å². The maximum Gasteiger partial charge on any atom is 0.313 e. The lowest BCUT2D eigenvalue weighted by molar-refractivity contribution is -0.143. The van der Waals surface area contributed by atoms with E-state index in [0.717, 1.165) is 0 Å². The molecule has 0 radical (unpaired) electrons. The number of aliphatic carboxylic acids is 1. The van der Waals surface area contributed by atoms with Gasteiger partial charge < -0.3 is 14.6 Å². The van der Waals surface area contributed by atoms with Crippen molar-refractivity contribution in [3.8, 4) is 0 Å². The molecule has 0 aliphatic carbocycles. The Balaban J connectivity index is 2.82. The zero-order chi connectivity index (χ0) is 9.84. The molecule has 2 atom stereocenters. The van der Waals surface area contributed by atoms with Crippen molar-refractivity contribution in [1.29, 1.82) is 0 Å². The first kappa shape index (κ1) is 9.54. The molecule has 1 aromatic rings. The lowest BCUT2D eigenvalue weighted by Crippen LogP contribution is -2.19. The summed E-state index contributed by atoms with van der Waals surface area (Å²) < 4.78 is 4.87. The number of hydrogen-bond acceptors (Lipinski definition) is 3. The number of rotatable bonds is 4. The summed E-state index contributed by atoms with van der Waals surface area (Å²) in [5.74, 6) is -1.93. The fourth-order valence-corrected chi connectivity index (χ4v) is 1.00. The lowest BCUT2D eigenvalue weighted by Gasteiger charge is -2.12. The van der Waals surface area contributed by atoms with E-state index in [1.807, 2.05) is 0 Å². The maximum atomic E-state index is 10.6. The Morgan fingerprint density at radius 2 is 2.38 bits per heavy atom. The van der Waals surface area contributed by atoms with Crippen LogP contribution in [-0.2, 0) is 4.79 Å². The van der Waals surface area contributed by atoms with E-state index in [0.29, 0.717) is 0 Å². The SMILES string of the molecule is C=C[C@@H](C(=O)O)[C@@H](O)c1ccco1. The highest BCUT2D eigenvalue weighted by Crippen LogP contribution is 2.23. The quantitative estimate of drug-likeness (QED) is 0.686. The van der Waals surface area contributed by atoms with Crippen molar-refractivity contribution >= 4 is 5.97 Å². The van der Waals surface area contributed by atoms with Gasteiger partial charge in [0, 0.05) is 0 Å². The van der Waals surface area contributed by atoms with Crippen LogP contribution in [-0.4, -0.2) is 16.2 Å². The Morgan fingerprint density at radius 3 is 2.77 bits per heavy atom. The molecular formula is C9H10O4. The van der Waals surface area contributed by atoms with Crippen molar-refractivity contribution < 1.29 is 19.4 Å². The van der Waals surface area contributed by atoms with E-state index in [4.69, 9.17) is 9.52 Å². The fourth-order valence-electron chi connectivity index (χ4n) is 1.00. The highest BCUT2D eigenvalue weighted by atomic mass is 16.4. The van der Waals surface area contributed by atoms with Crippen molar-refractivity contribution in [2.75, 3.05) is 0 Å². The van der Waals surface area contributed by atoms with Crippen molar-refractivity contribution in [2.45, 2.75) is 6.10 Å². The summed E-state index contributed by atoms with van der Waals surface area (Å²) in [6, 6.07) is 3.10. The minimum atomic E-state index is -1.18. The van der Waals surface area contributed by atoms with Gasteiger partial charge in [-0.15, -0.1) is 6.58 Å². The van der Waals surface area contributed by atoms with E-state index in [1.165, 1.54) is 18.4 Å². The summed E-state index contributed by atoms with van der Waals surface area (Å²) in [6.45, 7) is 3.33. The van der Waals surface area contributed by atoms with Gasteiger partial charge in [0.05, 0.1) is 6.26 Å². The Bertz CT molecular complexity index is 289. The molecule has 0 saturated heterocycles. The highest BCUT2D eigenvalue weighted by molar-refractivity contribution is 5.72. The average Bonchev–Trinajstić information content (AvgIpc) is 2.56. The smallest absolute Gasteiger partial charge is 0.313 e. The van der Waals surface area contributed by atoms with Crippen molar-refractivity contribution in [2.24, 2.45) is 5.92 Å². The van der Waals surface area contributed by atoms with Gasteiger partial charge in [-0.05, 0) is 12.1 Å². The van der Waals surface area contributed by atoms with Gasteiger partial charge in [-0.1, -0.05) is 6.08 Å². The summed E-state index contributed by atoms with van der Waals surface area (Å²) in [6.07, 6.45) is 1.38. The molecule has 4 nitrogen and oxygen atoms in total. The van der Waals surface area contributed by atoms with Crippen LogP contribution in [0.3, 0.4) is 0 Å². The molecule has 0 saturated carbocycles. The van der Waals surface area contributed by atoms with Gasteiger partial charge in [0.15, 0.2) is 0 Å². The summed E-state index contributed by atoms with van der Waals surface area (Å²) in [7, 11) is 0. The van der Waals surface area contributed by atoms with Gasteiger partial charge in [-0.3, -0.25) is 4.79 Å². The molecule has 2 N–H and O–H groups in total. The molecule has 0 aliphatic heterocycles. The maximum absolute atomic E-state index is 10.6. The topological polar surface area (TPSA) is 70.7 Å². The van der Waals surface area contributed by atoms with Gasteiger partial charge in [-0.25, -0.2) is 0 Å². The number of carboxylic acids is 1. The molecule has 13 heavy (non-hydrogen) atoms. The van der Waals surface area contributed by atoms with Crippen LogP contribution in [0, 0.1) is 5.92 Å². The summed E-state index contributed by atoms with van der Waals surface area (Å²) in [4.78, 5) is 10.6. The third-order valence-electron chi connectivity index (χ3n) is 1.71. The second-order valence-electron chi connectivity index (χ2n) is 2.56. The van der Waals surface area contributed by atoms with Crippen LogP contribution in [0.1, 0.15) is 11.9 Å². The van der Waals surface area contributed by atoms with Crippen LogP contribution in [0.2, 0.25) is 0 Å². The minimum Gasteiger partial charge on any atom is -0.481 e. The van der Waals surface area contributed by atoms with Crippen LogP contribution in [0.15, 0.2) is 35.5 Å². The van der Waals surface area contributed by atoms with E-state index >= 15 is 0 Å². The van der Waals surface area contributed by atoms with E-state index in [2.05, 4.69) is 6.58 Å². The number of carbonyl (C=O) groups is 1. The molecule has 0 spiro atoms. The molecular weight excluding hydrogens is 172 g/mol. The number of aliphatic hydroxyl groups excluding tert-OH is 1. The Kier molecular flexibility index (Phi) is 2.87. The normalized spacial score (nSPS) is 14.8. The van der Waals surface area contributed by atoms with Crippen molar-refractivity contribution in [3.05, 3.63) is 36.8 Å². The molecule has 1 rings (SSSR count). The van der Waals surface area contributed by atoms with E-state index < -0.39 is 18.0 Å². The molecule has 0 amide bonds. The number of furan rings is 1. The minimum absolute atomic E-state index is 0.229. The molecule has 1 aromatic heterocycles. The molecule has 1 heterocycles. The first-order valence-corrected chi connectivity index (χ1v) is 3.73. The molecule has 0 unspecified atom stereocenters. The molecule has 0 aliphatic rings. The Labute approximate surface area is 75.1 Å². The number of aliphatic hydroxyl groups is 1. The van der Waals surface area contributed by atoms with Crippen LogP contribution in [0.25, 0.3) is 0 Å². The Morgan fingerprint density at radius 1 is 1.69 bits per heavy atom. The van der Waals surface area contributed by atoms with Gasteiger partial charge in [0.1, 0.15) is 17.8 Å². The third-order valence-corrected chi connectivity index (χ3v) is 1.71. The van der Waals surface area contributed by atoms with E-state index in [-0.39, 0.29) is 5.76 Å². The van der Waals surface area contributed by atoms with Gasteiger partial charge in [-0.2, -0.15) is 0 Å². The second kappa shape index (κ2) is 3.91. The summed E-state index contributed by atoms with van der Waals surface area (Å²) in [5.41, 5.74) is 0. The molecule has 0 fully saturated rings. The zero-order valence-corrected chi connectivity index (χ0v) is 6.88. The molecule has 4 heteroatoms. The van der Waals surface area contributed by atoms with Gasteiger partial charge in [0.25, 0.3) is 0 Å².